The molecule has 1 fully saturated rings. The molecule has 1 N–H and O–H groups in total. The number of carboxylic acid groups (broad SMARTS) is 1. The van der Waals surface area contributed by atoms with Crippen LogP contribution in [0.2, 0.25) is 0 Å². The molecule has 1 aliphatic rings. The van der Waals surface area contributed by atoms with E-state index in [1.807, 2.05) is 13.8 Å². The van der Waals surface area contributed by atoms with Crippen LogP contribution in [0.25, 0.3) is 0 Å². The van der Waals surface area contributed by atoms with Crippen LogP contribution >= 0.6 is 0 Å². The molecule has 0 spiro atoms. The van der Waals surface area contributed by atoms with Crippen LogP contribution < -0.4 is 0 Å². The Hall–Kier alpha value is -2.09. The molecule has 0 saturated heterocycles. The molecular formula is C21H31NO6S. The highest BCUT2D eigenvalue weighted by atomic mass is 32.2. The fourth-order valence-electron chi connectivity index (χ4n) is 3.71. The van der Waals surface area contributed by atoms with E-state index in [4.69, 9.17) is 4.74 Å². The largest absolute Gasteiger partial charge is 0.481 e. The second kappa shape index (κ2) is 7.00. The molecule has 2 atom stereocenters. The van der Waals surface area contributed by atoms with Gasteiger partial charge in [-0.3, -0.25) is 4.79 Å². The monoisotopic (exact) mass is 425 g/mol. The number of carbonyl (C=O) groups is 2. The zero-order valence-electron chi connectivity index (χ0n) is 18.3. The Bertz CT molecular complexity index is 904. The topological polar surface area (TPSA) is 101 Å². The van der Waals surface area contributed by atoms with Crippen LogP contribution in [0.1, 0.15) is 66.9 Å². The number of aliphatic carboxylic acids is 1. The van der Waals surface area contributed by atoms with Gasteiger partial charge in [0.15, 0.2) is 0 Å². The van der Waals surface area contributed by atoms with Crippen molar-refractivity contribution in [1.82, 2.24) is 4.31 Å². The van der Waals surface area contributed by atoms with E-state index in [-0.39, 0.29) is 16.2 Å². The molecule has 0 radical (unpaired) electrons. The second-order valence-corrected chi connectivity index (χ2v) is 11.9. The Morgan fingerprint density at radius 3 is 1.86 bits per heavy atom. The maximum absolute atomic E-state index is 13.2. The van der Waals surface area contributed by atoms with E-state index in [1.165, 1.54) is 12.1 Å². The van der Waals surface area contributed by atoms with E-state index in [0.717, 1.165) is 9.87 Å². The number of nitrogens with zero attached hydrogens (tertiary/aromatic N) is 1. The molecule has 162 valence electrons. The Morgan fingerprint density at radius 1 is 1.03 bits per heavy atom. The number of carboxylic acids is 1. The number of benzene rings is 1. The molecule has 7 nitrogen and oxygen atoms in total. The van der Waals surface area contributed by atoms with Crippen molar-refractivity contribution in [1.29, 1.82) is 0 Å². The Kier molecular flexibility index (Phi) is 5.60. The summed E-state index contributed by atoms with van der Waals surface area (Å²) in [5.74, 6) is -1.54. The number of amides is 1. The third-order valence-corrected chi connectivity index (χ3v) is 7.08. The fourth-order valence-corrected chi connectivity index (χ4v) is 5.35. The van der Waals surface area contributed by atoms with Crippen molar-refractivity contribution in [3.05, 3.63) is 29.8 Å². The minimum atomic E-state index is -4.17. The lowest BCUT2D eigenvalue weighted by molar-refractivity contribution is -0.139. The van der Waals surface area contributed by atoms with Gasteiger partial charge in [-0.15, -0.1) is 0 Å². The predicted octanol–water partition coefficient (Wildman–Crippen LogP) is 4.24. The number of carbonyl (C=O) groups excluding carboxylic acids is 1. The van der Waals surface area contributed by atoms with Crippen LogP contribution in [0.4, 0.5) is 4.79 Å². The highest BCUT2D eigenvalue weighted by Gasteiger charge is 2.62. The summed E-state index contributed by atoms with van der Waals surface area (Å²) >= 11 is 0. The lowest BCUT2D eigenvalue weighted by Gasteiger charge is -2.35. The third-order valence-electron chi connectivity index (χ3n) is 5.04. The maximum atomic E-state index is 13.2. The van der Waals surface area contributed by atoms with Crippen LogP contribution in [0.3, 0.4) is 0 Å². The molecule has 0 bridgehead atoms. The van der Waals surface area contributed by atoms with Gasteiger partial charge in [-0.05, 0) is 64.7 Å². The summed E-state index contributed by atoms with van der Waals surface area (Å²) in [4.78, 5) is 24.0. The predicted molar refractivity (Wildman–Crippen MR) is 109 cm³/mol. The first-order valence-electron chi connectivity index (χ1n) is 9.52. The number of hydrogen-bond donors (Lipinski definition) is 1. The highest BCUT2D eigenvalue weighted by molar-refractivity contribution is 7.89. The lowest BCUT2D eigenvalue weighted by Crippen LogP contribution is -2.51. The SMILES string of the molecule is CC(C)(C)OC(=O)N(C(C)(C)C)S(=O)(=O)c1ccc(C2[C@H](C(=O)O)C2(C)C)cc1. The number of hydrogen-bond acceptors (Lipinski definition) is 5. The van der Waals surface area contributed by atoms with Gasteiger partial charge in [-0.2, -0.15) is 4.31 Å². The third kappa shape index (κ3) is 4.57. The van der Waals surface area contributed by atoms with Crippen molar-refractivity contribution < 1.29 is 27.9 Å². The molecule has 29 heavy (non-hydrogen) atoms. The lowest BCUT2D eigenvalue weighted by atomic mass is 10.0. The fraction of sp³-hybridized carbons (Fsp3) is 0.619. The van der Waals surface area contributed by atoms with Gasteiger partial charge in [0, 0.05) is 5.92 Å². The van der Waals surface area contributed by atoms with Gasteiger partial charge in [0.25, 0.3) is 10.0 Å². The Balaban J connectivity index is 2.39. The average Bonchev–Trinajstić information content (AvgIpc) is 3.06. The van der Waals surface area contributed by atoms with Crippen molar-refractivity contribution in [3.63, 3.8) is 0 Å². The van der Waals surface area contributed by atoms with E-state index in [2.05, 4.69) is 0 Å². The standard InChI is InChI=1S/C21H31NO6S/c1-19(2,3)22(18(25)28-20(4,5)6)29(26,27)14-11-9-13(10-12-14)15-16(17(23)24)21(15,7)8/h9-12,15-16H,1-8H3,(H,23,24)/t15?,16-/m1/s1. The number of ether oxygens (including phenoxy) is 1. The molecule has 1 saturated carbocycles. The van der Waals surface area contributed by atoms with Crippen LogP contribution in [0.5, 0.6) is 0 Å². The summed E-state index contributed by atoms with van der Waals surface area (Å²) in [5.41, 5.74) is -1.50. The number of sulfonamides is 1. The van der Waals surface area contributed by atoms with Crippen molar-refractivity contribution in [2.45, 2.75) is 77.3 Å². The van der Waals surface area contributed by atoms with Gasteiger partial charge in [-0.1, -0.05) is 26.0 Å². The van der Waals surface area contributed by atoms with Crippen LogP contribution in [-0.2, 0) is 19.6 Å². The molecule has 1 unspecified atom stereocenters. The zero-order chi connectivity index (χ0) is 22.6. The van der Waals surface area contributed by atoms with E-state index >= 15 is 0 Å². The molecule has 1 aliphatic carbocycles. The molecule has 2 rings (SSSR count). The molecule has 8 heteroatoms. The molecular weight excluding hydrogens is 394 g/mol. The van der Waals surface area contributed by atoms with Crippen LogP contribution in [0.15, 0.2) is 29.2 Å². The van der Waals surface area contributed by atoms with Gasteiger partial charge < -0.3 is 9.84 Å². The first-order valence-corrected chi connectivity index (χ1v) is 11.0. The van der Waals surface area contributed by atoms with E-state index in [1.54, 1.807) is 53.7 Å². The molecule has 1 aromatic rings. The van der Waals surface area contributed by atoms with Crippen molar-refractivity contribution >= 4 is 22.1 Å². The molecule has 0 aliphatic heterocycles. The van der Waals surface area contributed by atoms with Crippen molar-refractivity contribution in [2.24, 2.45) is 11.3 Å². The van der Waals surface area contributed by atoms with Crippen molar-refractivity contribution in [2.75, 3.05) is 0 Å². The Labute approximate surface area is 173 Å². The molecule has 0 aromatic heterocycles. The zero-order valence-corrected chi connectivity index (χ0v) is 19.1. The molecule has 0 heterocycles. The minimum absolute atomic E-state index is 0.0487. The summed E-state index contributed by atoms with van der Waals surface area (Å²) < 4.78 is 32.5. The summed E-state index contributed by atoms with van der Waals surface area (Å²) in [6.07, 6.45) is -0.941. The summed E-state index contributed by atoms with van der Waals surface area (Å²) in [5, 5.41) is 9.37. The van der Waals surface area contributed by atoms with E-state index < -0.39 is 39.1 Å². The summed E-state index contributed by atoms with van der Waals surface area (Å²) in [6, 6.07) is 6.08. The number of rotatable bonds is 4. The van der Waals surface area contributed by atoms with E-state index in [9.17, 15) is 23.1 Å². The van der Waals surface area contributed by atoms with Gasteiger partial charge >= 0.3 is 12.1 Å². The van der Waals surface area contributed by atoms with Gasteiger partial charge in [0.1, 0.15) is 5.60 Å². The maximum Gasteiger partial charge on any atom is 0.424 e. The van der Waals surface area contributed by atoms with E-state index in [0.29, 0.717) is 0 Å². The Morgan fingerprint density at radius 2 is 1.52 bits per heavy atom. The summed E-state index contributed by atoms with van der Waals surface area (Å²) in [7, 11) is -4.17. The minimum Gasteiger partial charge on any atom is -0.481 e. The van der Waals surface area contributed by atoms with Crippen molar-refractivity contribution in [3.8, 4) is 0 Å². The smallest absolute Gasteiger partial charge is 0.424 e. The quantitative estimate of drug-likeness (QED) is 0.774. The summed E-state index contributed by atoms with van der Waals surface area (Å²) in [6.45, 7) is 13.6. The first-order chi connectivity index (χ1) is 12.9. The van der Waals surface area contributed by atoms with Crippen LogP contribution in [-0.4, -0.2) is 41.0 Å². The molecule has 1 aromatic carbocycles. The van der Waals surface area contributed by atoms with Gasteiger partial charge in [-0.25, -0.2) is 13.2 Å². The molecule has 1 amide bonds. The van der Waals surface area contributed by atoms with Crippen LogP contribution in [0, 0.1) is 11.3 Å². The highest BCUT2D eigenvalue weighted by Crippen LogP contribution is 2.64. The first kappa shape index (κ1) is 23.2. The second-order valence-electron chi connectivity index (χ2n) is 10.1. The average molecular weight is 426 g/mol. The normalized spacial score (nSPS) is 21.4. The van der Waals surface area contributed by atoms with Gasteiger partial charge in [0.2, 0.25) is 0 Å². The van der Waals surface area contributed by atoms with Gasteiger partial charge in [0.05, 0.1) is 16.4 Å².